The topological polar surface area (TPSA) is 81.7 Å². The molecule has 2 amide bonds. The first-order valence-corrected chi connectivity index (χ1v) is 7.36. The Morgan fingerprint density at radius 2 is 1.90 bits per heavy atom. The van der Waals surface area contributed by atoms with E-state index in [0.29, 0.717) is 12.5 Å². The van der Waals surface area contributed by atoms with Crippen LogP contribution in [0.1, 0.15) is 33.1 Å². The molecule has 6 heteroatoms. The minimum absolute atomic E-state index is 0.279. The molecular formula is C14H27N3O3. The van der Waals surface area contributed by atoms with Crippen LogP contribution in [0, 0.1) is 11.8 Å². The first kappa shape index (κ1) is 16.8. The second-order valence-electron chi connectivity index (χ2n) is 5.85. The highest BCUT2D eigenvalue weighted by Crippen LogP contribution is 2.18. The standard InChI is InChI=1S/C14H27N3O3/c1-10(13(18)19)11(2)16-14(20)15-7-4-12-5-8-17(3)9-6-12/h10-12H,4-9H2,1-3H3,(H,18,19)(H2,15,16,20). The molecule has 116 valence electrons. The van der Waals surface area contributed by atoms with E-state index in [4.69, 9.17) is 5.11 Å². The summed E-state index contributed by atoms with van der Waals surface area (Å²) in [5, 5.41) is 14.3. The Balaban J connectivity index is 2.15. The molecular weight excluding hydrogens is 258 g/mol. The molecule has 0 aromatic heterocycles. The highest BCUT2D eigenvalue weighted by Gasteiger charge is 2.21. The van der Waals surface area contributed by atoms with Crippen molar-refractivity contribution >= 4 is 12.0 Å². The van der Waals surface area contributed by atoms with Gasteiger partial charge in [0.05, 0.1) is 5.92 Å². The number of piperidine rings is 1. The number of nitrogens with zero attached hydrogens (tertiary/aromatic N) is 1. The number of carbonyl (C=O) groups excluding carboxylic acids is 1. The lowest BCUT2D eigenvalue weighted by molar-refractivity contribution is -0.141. The predicted octanol–water partition coefficient (Wildman–Crippen LogP) is 1.13. The number of amides is 2. The van der Waals surface area contributed by atoms with E-state index in [0.717, 1.165) is 19.5 Å². The Morgan fingerprint density at radius 3 is 2.45 bits per heavy atom. The van der Waals surface area contributed by atoms with Crippen molar-refractivity contribution < 1.29 is 14.7 Å². The van der Waals surface area contributed by atoms with Gasteiger partial charge in [-0.2, -0.15) is 0 Å². The third-order valence-corrected chi connectivity index (χ3v) is 4.17. The van der Waals surface area contributed by atoms with Gasteiger partial charge in [-0.1, -0.05) is 0 Å². The predicted molar refractivity (Wildman–Crippen MR) is 77.6 cm³/mol. The van der Waals surface area contributed by atoms with E-state index in [1.165, 1.54) is 12.8 Å². The molecule has 20 heavy (non-hydrogen) atoms. The van der Waals surface area contributed by atoms with Gasteiger partial charge in [0.2, 0.25) is 0 Å². The first-order valence-electron chi connectivity index (χ1n) is 7.36. The second-order valence-corrected chi connectivity index (χ2v) is 5.85. The van der Waals surface area contributed by atoms with Crippen molar-refractivity contribution in [1.29, 1.82) is 0 Å². The number of urea groups is 1. The number of aliphatic carboxylic acids is 1. The number of hydrogen-bond donors (Lipinski definition) is 3. The second kappa shape index (κ2) is 8.09. The number of likely N-dealkylation sites (tertiary alicyclic amines) is 1. The van der Waals surface area contributed by atoms with Crippen LogP contribution >= 0.6 is 0 Å². The third kappa shape index (κ3) is 5.77. The number of nitrogens with one attached hydrogen (secondary N) is 2. The first-order chi connectivity index (χ1) is 9.40. The summed E-state index contributed by atoms with van der Waals surface area (Å²) in [5.41, 5.74) is 0. The van der Waals surface area contributed by atoms with Gasteiger partial charge in [0.25, 0.3) is 0 Å². The molecule has 1 aliphatic heterocycles. The van der Waals surface area contributed by atoms with Gasteiger partial charge in [-0.05, 0) is 59.2 Å². The van der Waals surface area contributed by atoms with Crippen LogP contribution in [0.15, 0.2) is 0 Å². The van der Waals surface area contributed by atoms with E-state index in [-0.39, 0.29) is 12.1 Å². The van der Waals surface area contributed by atoms with Gasteiger partial charge in [-0.3, -0.25) is 4.79 Å². The summed E-state index contributed by atoms with van der Waals surface area (Å²) in [4.78, 5) is 24.8. The van der Waals surface area contributed by atoms with Crippen molar-refractivity contribution in [2.45, 2.75) is 39.2 Å². The van der Waals surface area contributed by atoms with Crippen LogP contribution in [0.3, 0.4) is 0 Å². The lowest BCUT2D eigenvalue weighted by atomic mass is 9.94. The third-order valence-electron chi connectivity index (χ3n) is 4.17. The summed E-state index contributed by atoms with van der Waals surface area (Å²) in [6.45, 7) is 6.20. The van der Waals surface area contributed by atoms with Gasteiger partial charge < -0.3 is 20.6 Å². The molecule has 0 radical (unpaired) electrons. The quantitative estimate of drug-likeness (QED) is 0.683. The Morgan fingerprint density at radius 1 is 1.30 bits per heavy atom. The molecule has 1 heterocycles. The van der Waals surface area contributed by atoms with Gasteiger partial charge >= 0.3 is 12.0 Å². The van der Waals surface area contributed by atoms with E-state index < -0.39 is 11.9 Å². The molecule has 0 saturated carbocycles. The van der Waals surface area contributed by atoms with Crippen molar-refractivity contribution in [3.8, 4) is 0 Å². The zero-order chi connectivity index (χ0) is 15.1. The summed E-state index contributed by atoms with van der Waals surface area (Å²) < 4.78 is 0. The van der Waals surface area contributed by atoms with Crippen LogP contribution in [0.4, 0.5) is 4.79 Å². The van der Waals surface area contributed by atoms with Crippen LogP contribution in [0.2, 0.25) is 0 Å². The van der Waals surface area contributed by atoms with Crippen LogP contribution in [-0.4, -0.2) is 54.7 Å². The zero-order valence-corrected chi connectivity index (χ0v) is 12.7. The van der Waals surface area contributed by atoms with E-state index in [2.05, 4.69) is 22.6 Å². The highest BCUT2D eigenvalue weighted by molar-refractivity contribution is 5.76. The fourth-order valence-electron chi connectivity index (χ4n) is 2.34. The summed E-state index contributed by atoms with van der Waals surface area (Å²) in [7, 11) is 2.13. The maximum atomic E-state index is 11.7. The van der Waals surface area contributed by atoms with E-state index >= 15 is 0 Å². The largest absolute Gasteiger partial charge is 0.481 e. The molecule has 2 unspecified atom stereocenters. The Bertz CT molecular complexity index is 328. The maximum absolute atomic E-state index is 11.7. The molecule has 0 spiro atoms. The van der Waals surface area contributed by atoms with E-state index in [1.54, 1.807) is 13.8 Å². The minimum atomic E-state index is -0.899. The molecule has 1 aliphatic rings. The fraction of sp³-hybridized carbons (Fsp3) is 0.857. The SMILES string of the molecule is CC(NC(=O)NCCC1CCN(C)CC1)C(C)C(=O)O. The van der Waals surface area contributed by atoms with Gasteiger partial charge in [-0.25, -0.2) is 4.79 Å². The van der Waals surface area contributed by atoms with Gasteiger partial charge in [0.1, 0.15) is 0 Å². The monoisotopic (exact) mass is 285 g/mol. The van der Waals surface area contributed by atoms with Gasteiger partial charge in [-0.15, -0.1) is 0 Å². The Kier molecular flexibility index (Phi) is 6.78. The maximum Gasteiger partial charge on any atom is 0.315 e. The van der Waals surface area contributed by atoms with Crippen molar-refractivity contribution in [2.24, 2.45) is 11.8 Å². The molecule has 3 N–H and O–H groups in total. The molecule has 2 atom stereocenters. The van der Waals surface area contributed by atoms with E-state index in [9.17, 15) is 9.59 Å². The summed E-state index contributed by atoms with van der Waals surface area (Å²) >= 11 is 0. The van der Waals surface area contributed by atoms with Crippen LogP contribution in [-0.2, 0) is 4.79 Å². The smallest absolute Gasteiger partial charge is 0.315 e. The minimum Gasteiger partial charge on any atom is -0.481 e. The van der Waals surface area contributed by atoms with Gasteiger partial charge in [0, 0.05) is 12.6 Å². The van der Waals surface area contributed by atoms with Crippen molar-refractivity contribution in [1.82, 2.24) is 15.5 Å². The fourth-order valence-corrected chi connectivity index (χ4v) is 2.34. The molecule has 1 saturated heterocycles. The molecule has 0 aliphatic carbocycles. The normalized spacial score (nSPS) is 20.1. The zero-order valence-electron chi connectivity index (χ0n) is 12.7. The highest BCUT2D eigenvalue weighted by atomic mass is 16.4. The van der Waals surface area contributed by atoms with Crippen LogP contribution in [0.25, 0.3) is 0 Å². The Hall–Kier alpha value is -1.30. The van der Waals surface area contributed by atoms with Crippen molar-refractivity contribution in [2.75, 3.05) is 26.7 Å². The molecule has 0 aromatic rings. The van der Waals surface area contributed by atoms with Crippen molar-refractivity contribution in [3.63, 3.8) is 0 Å². The molecule has 0 bridgehead atoms. The number of carboxylic acid groups (broad SMARTS) is 1. The average Bonchev–Trinajstić information content (AvgIpc) is 2.39. The number of rotatable bonds is 6. The number of hydrogen-bond acceptors (Lipinski definition) is 3. The Labute approximate surface area is 120 Å². The molecule has 1 rings (SSSR count). The summed E-state index contributed by atoms with van der Waals surface area (Å²) in [6.07, 6.45) is 3.36. The molecule has 1 fully saturated rings. The summed E-state index contributed by atoms with van der Waals surface area (Å²) in [6, 6.07) is -0.658. The molecule has 6 nitrogen and oxygen atoms in total. The molecule has 0 aromatic carbocycles. The lowest BCUT2D eigenvalue weighted by Crippen LogP contribution is -2.45. The number of carboxylic acids is 1. The van der Waals surface area contributed by atoms with Crippen LogP contribution in [0.5, 0.6) is 0 Å². The number of carbonyl (C=O) groups is 2. The summed E-state index contributed by atoms with van der Waals surface area (Å²) in [5.74, 6) is -0.805. The van der Waals surface area contributed by atoms with Crippen LogP contribution < -0.4 is 10.6 Å². The van der Waals surface area contributed by atoms with E-state index in [1.807, 2.05) is 0 Å². The average molecular weight is 285 g/mol. The van der Waals surface area contributed by atoms with Crippen molar-refractivity contribution in [3.05, 3.63) is 0 Å². The lowest BCUT2D eigenvalue weighted by Gasteiger charge is -2.29. The van der Waals surface area contributed by atoms with Gasteiger partial charge in [0.15, 0.2) is 0 Å².